The summed E-state index contributed by atoms with van der Waals surface area (Å²) in [5.74, 6) is 0. The fraction of sp³-hybridized carbons (Fsp3) is 0.241. The fourth-order valence-electron chi connectivity index (χ4n) is 4.95. The van der Waals surface area contributed by atoms with Gasteiger partial charge in [-0.3, -0.25) is 9.36 Å². The summed E-state index contributed by atoms with van der Waals surface area (Å²) in [6.45, 7) is 6.64. The molecule has 0 fully saturated rings. The zero-order valence-electron chi connectivity index (χ0n) is 19.5. The first kappa shape index (κ1) is 21.5. The molecule has 34 heavy (non-hydrogen) atoms. The lowest BCUT2D eigenvalue weighted by molar-refractivity contribution is 0.590. The summed E-state index contributed by atoms with van der Waals surface area (Å²) >= 11 is 3.21. The lowest BCUT2D eigenvalue weighted by Gasteiger charge is -2.30. The summed E-state index contributed by atoms with van der Waals surface area (Å²) in [7, 11) is 0. The summed E-state index contributed by atoms with van der Waals surface area (Å²) in [5, 5.41) is 2.10. The minimum atomic E-state index is -0.0787. The van der Waals surface area contributed by atoms with Crippen molar-refractivity contribution in [3.05, 3.63) is 118 Å². The Labute approximate surface area is 207 Å². The number of hydrogen-bond donors (Lipinski definition) is 0. The van der Waals surface area contributed by atoms with Gasteiger partial charge in [-0.25, -0.2) is 4.99 Å². The quantitative estimate of drug-likeness (QED) is 0.362. The van der Waals surface area contributed by atoms with Gasteiger partial charge in [0.05, 0.1) is 16.3 Å². The van der Waals surface area contributed by atoms with Gasteiger partial charge in [-0.1, -0.05) is 86.7 Å². The molecule has 0 bridgehead atoms. The molecule has 170 valence electrons. The normalized spacial score (nSPS) is 17.7. The molecular formula is C29H26N2OS2. The fourth-order valence-corrected chi connectivity index (χ4v) is 6.80. The Balaban J connectivity index is 1.54. The minimum Gasteiger partial charge on any atom is -0.271 e. The van der Waals surface area contributed by atoms with E-state index in [1.807, 2.05) is 10.6 Å². The summed E-state index contributed by atoms with van der Waals surface area (Å²) in [5.41, 5.74) is 7.35. The van der Waals surface area contributed by atoms with Gasteiger partial charge in [0.15, 0.2) is 4.80 Å². The van der Waals surface area contributed by atoms with Crippen LogP contribution in [0.5, 0.6) is 0 Å². The number of thiophene rings is 1. The maximum atomic E-state index is 13.7. The van der Waals surface area contributed by atoms with Crippen molar-refractivity contribution in [2.24, 2.45) is 4.99 Å². The van der Waals surface area contributed by atoms with Crippen molar-refractivity contribution in [2.45, 2.75) is 45.1 Å². The minimum absolute atomic E-state index is 0.0486. The lowest BCUT2D eigenvalue weighted by atomic mass is 9.85. The molecule has 0 unspecified atom stereocenters. The molecule has 6 rings (SSSR count). The number of benzene rings is 2. The largest absolute Gasteiger partial charge is 0.271 e. The molecule has 5 heteroatoms. The van der Waals surface area contributed by atoms with E-state index in [0.29, 0.717) is 0 Å². The Hall–Kier alpha value is -3.02. The van der Waals surface area contributed by atoms with E-state index in [0.717, 1.165) is 33.4 Å². The van der Waals surface area contributed by atoms with E-state index in [4.69, 9.17) is 4.99 Å². The van der Waals surface area contributed by atoms with Gasteiger partial charge in [0.1, 0.15) is 0 Å². The summed E-state index contributed by atoms with van der Waals surface area (Å²) < 4.78 is 2.66. The monoisotopic (exact) mass is 482 g/mol. The Morgan fingerprint density at radius 1 is 1.00 bits per heavy atom. The average molecular weight is 483 g/mol. The summed E-state index contributed by atoms with van der Waals surface area (Å²) in [6.07, 6.45) is 3.92. The van der Waals surface area contributed by atoms with E-state index in [1.54, 1.807) is 11.3 Å². The highest BCUT2D eigenvalue weighted by Crippen LogP contribution is 2.42. The van der Waals surface area contributed by atoms with Gasteiger partial charge in [-0.2, -0.15) is 0 Å². The van der Waals surface area contributed by atoms with Crippen molar-refractivity contribution in [1.29, 1.82) is 0 Å². The van der Waals surface area contributed by atoms with E-state index < -0.39 is 0 Å². The van der Waals surface area contributed by atoms with Crippen LogP contribution in [-0.2, 0) is 11.8 Å². The molecule has 0 saturated heterocycles. The van der Waals surface area contributed by atoms with Crippen LogP contribution in [0.4, 0.5) is 0 Å². The zero-order valence-corrected chi connectivity index (χ0v) is 21.2. The van der Waals surface area contributed by atoms with Gasteiger partial charge >= 0.3 is 0 Å². The van der Waals surface area contributed by atoms with Crippen LogP contribution in [0.25, 0.3) is 11.8 Å². The molecule has 2 aromatic heterocycles. The van der Waals surface area contributed by atoms with Crippen LogP contribution in [0.15, 0.2) is 81.4 Å². The van der Waals surface area contributed by atoms with Gasteiger partial charge < -0.3 is 0 Å². The highest BCUT2D eigenvalue weighted by atomic mass is 32.1. The van der Waals surface area contributed by atoms with E-state index in [9.17, 15) is 4.79 Å². The molecule has 4 aromatic rings. The molecule has 2 aromatic carbocycles. The predicted molar refractivity (Wildman–Crippen MR) is 142 cm³/mol. The second-order valence-corrected chi connectivity index (χ2v) is 12.0. The lowest BCUT2D eigenvalue weighted by Crippen LogP contribution is -2.38. The van der Waals surface area contributed by atoms with Crippen LogP contribution >= 0.6 is 22.7 Å². The molecule has 1 atom stereocenters. The van der Waals surface area contributed by atoms with E-state index in [2.05, 4.69) is 86.8 Å². The molecular weight excluding hydrogens is 456 g/mol. The molecule has 1 aliphatic heterocycles. The van der Waals surface area contributed by atoms with Crippen LogP contribution in [0.3, 0.4) is 0 Å². The molecule has 0 radical (unpaired) electrons. The van der Waals surface area contributed by atoms with Crippen molar-refractivity contribution in [1.82, 2.24) is 4.57 Å². The highest BCUT2D eigenvalue weighted by molar-refractivity contribution is 7.10. The number of aromatic nitrogens is 1. The first-order valence-corrected chi connectivity index (χ1v) is 13.4. The van der Waals surface area contributed by atoms with Crippen molar-refractivity contribution >= 4 is 34.4 Å². The van der Waals surface area contributed by atoms with Crippen LogP contribution < -0.4 is 14.9 Å². The third kappa shape index (κ3) is 3.55. The van der Waals surface area contributed by atoms with Gasteiger partial charge in [-0.15, -0.1) is 11.3 Å². The van der Waals surface area contributed by atoms with Crippen molar-refractivity contribution in [3.8, 4) is 0 Å². The Kier molecular flexibility index (Phi) is 5.08. The molecule has 3 nitrogen and oxygen atoms in total. The smallest absolute Gasteiger partial charge is 0.271 e. The topological polar surface area (TPSA) is 34.4 Å². The van der Waals surface area contributed by atoms with Gasteiger partial charge in [-0.05, 0) is 58.0 Å². The predicted octanol–water partition coefficient (Wildman–Crippen LogP) is 5.68. The number of fused-ring (bicyclic) bond motifs is 3. The molecule has 1 aliphatic carbocycles. The standard InChI is InChI=1S/C29H26N2OS2/c1-29(2,3)20-13-10-18(11-14-20)17-24-27(32)31-26(23-9-6-16-33-23)22-15-12-19-7-4-5-8-21(19)25(22)30-28(31)34-24/h4-11,13-14,16-17,26H,12,15H2,1-3H3/b24-17+/t26-/m0/s1. The highest BCUT2D eigenvalue weighted by Gasteiger charge is 2.32. The molecule has 0 N–H and O–H groups in total. The van der Waals surface area contributed by atoms with Gasteiger partial charge in [0, 0.05) is 10.4 Å². The van der Waals surface area contributed by atoms with Crippen LogP contribution in [0.1, 0.15) is 60.4 Å². The molecule has 2 aliphatic rings. The van der Waals surface area contributed by atoms with Crippen LogP contribution in [-0.4, -0.2) is 4.57 Å². The number of allylic oxidation sites excluding steroid dienone is 1. The summed E-state index contributed by atoms with van der Waals surface area (Å²) in [4.78, 5) is 20.8. The van der Waals surface area contributed by atoms with Gasteiger partial charge in [0.25, 0.3) is 5.56 Å². The molecule has 3 heterocycles. The van der Waals surface area contributed by atoms with Crippen LogP contribution in [0.2, 0.25) is 0 Å². The first-order chi connectivity index (χ1) is 16.4. The maximum Gasteiger partial charge on any atom is 0.271 e. The zero-order chi connectivity index (χ0) is 23.4. The molecule has 0 spiro atoms. The Morgan fingerprint density at radius 3 is 2.53 bits per heavy atom. The third-order valence-electron chi connectivity index (χ3n) is 6.76. The van der Waals surface area contributed by atoms with Crippen molar-refractivity contribution in [3.63, 3.8) is 0 Å². The summed E-state index contributed by atoms with van der Waals surface area (Å²) in [6, 6.07) is 21.2. The maximum absolute atomic E-state index is 13.7. The number of nitrogens with zero attached hydrogens (tertiary/aromatic N) is 2. The van der Waals surface area contributed by atoms with E-state index in [1.165, 1.54) is 38.5 Å². The molecule has 0 amide bonds. The van der Waals surface area contributed by atoms with Gasteiger partial charge in [0.2, 0.25) is 0 Å². The van der Waals surface area contributed by atoms with E-state index >= 15 is 0 Å². The number of thiazole rings is 1. The number of aryl methyl sites for hydroxylation is 1. The number of rotatable bonds is 2. The third-order valence-corrected chi connectivity index (χ3v) is 8.67. The van der Waals surface area contributed by atoms with E-state index in [-0.39, 0.29) is 17.0 Å². The second-order valence-electron chi connectivity index (χ2n) is 10.0. The van der Waals surface area contributed by atoms with Crippen molar-refractivity contribution < 1.29 is 0 Å². The Bertz CT molecular complexity index is 1590. The second kappa shape index (κ2) is 8.03. The Morgan fingerprint density at radius 2 is 1.79 bits per heavy atom. The first-order valence-electron chi connectivity index (χ1n) is 11.7. The number of hydrogen-bond acceptors (Lipinski definition) is 4. The van der Waals surface area contributed by atoms with Crippen molar-refractivity contribution in [2.75, 3.05) is 0 Å². The van der Waals surface area contributed by atoms with Crippen LogP contribution in [0, 0.1) is 0 Å². The molecule has 0 saturated carbocycles. The average Bonchev–Trinajstić information content (AvgIpc) is 3.46. The SMILES string of the molecule is CC(C)(C)c1ccc(/C=c2/sc3n(c2=O)[C@H](c2cccs2)C2=C(N=3)c3ccccc3CC2)cc1.